The first-order chi connectivity index (χ1) is 7.24. The summed E-state index contributed by atoms with van der Waals surface area (Å²) in [5.41, 5.74) is 7.14. The van der Waals surface area contributed by atoms with Gasteiger partial charge in [-0.15, -0.1) is 5.10 Å². The van der Waals surface area contributed by atoms with Gasteiger partial charge in [0.05, 0.1) is 18.4 Å². The van der Waals surface area contributed by atoms with Crippen LogP contribution in [0.4, 0.5) is 5.69 Å². The Morgan fingerprint density at radius 1 is 1.40 bits per heavy atom. The van der Waals surface area contributed by atoms with Crippen molar-refractivity contribution in [3.63, 3.8) is 0 Å². The molecule has 78 valence electrons. The lowest BCUT2D eigenvalue weighted by molar-refractivity contribution is 0.418. The van der Waals surface area contributed by atoms with Gasteiger partial charge in [-0.2, -0.15) is 0 Å². The molecule has 2 aromatic rings. The zero-order chi connectivity index (χ0) is 10.8. The first-order valence-corrected chi connectivity index (χ1v) is 4.39. The molecular formula is C9H11N5O. The van der Waals surface area contributed by atoms with E-state index in [-0.39, 0.29) is 0 Å². The second-order valence-corrected chi connectivity index (χ2v) is 3.05. The maximum Gasteiger partial charge on any atom is 0.185 e. The van der Waals surface area contributed by atoms with Gasteiger partial charge in [0, 0.05) is 7.05 Å². The van der Waals surface area contributed by atoms with Crippen LogP contribution in [-0.4, -0.2) is 27.3 Å². The Morgan fingerprint density at radius 2 is 2.20 bits per heavy atom. The van der Waals surface area contributed by atoms with Crippen molar-refractivity contribution in [3.05, 3.63) is 18.2 Å². The van der Waals surface area contributed by atoms with Crippen LogP contribution in [0.1, 0.15) is 0 Å². The topological polar surface area (TPSA) is 78.8 Å². The summed E-state index contributed by atoms with van der Waals surface area (Å²) < 4.78 is 6.79. The number of para-hydroxylation sites is 1. The van der Waals surface area contributed by atoms with E-state index in [9.17, 15) is 0 Å². The van der Waals surface area contributed by atoms with Crippen LogP contribution >= 0.6 is 0 Å². The molecule has 0 unspecified atom stereocenters. The lowest BCUT2D eigenvalue weighted by atomic mass is 10.1. The lowest BCUT2D eigenvalue weighted by Crippen LogP contribution is -1.99. The summed E-state index contributed by atoms with van der Waals surface area (Å²) in [5, 5.41) is 11.2. The fourth-order valence-corrected chi connectivity index (χ4v) is 1.42. The number of tetrazole rings is 1. The van der Waals surface area contributed by atoms with E-state index >= 15 is 0 Å². The molecule has 15 heavy (non-hydrogen) atoms. The molecule has 0 radical (unpaired) electrons. The summed E-state index contributed by atoms with van der Waals surface area (Å²) in [6, 6.07) is 5.47. The van der Waals surface area contributed by atoms with Crippen molar-refractivity contribution in [2.75, 3.05) is 12.8 Å². The van der Waals surface area contributed by atoms with E-state index in [4.69, 9.17) is 10.5 Å². The molecule has 0 bridgehead atoms. The number of nitrogen functional groups attached to an aromatic ring is 1. The molecule has 1 heterocycles. The van der Waals surface area contributed by atoms with Gasteiger partial charge in [0.25, 0.3) is 0 Å². The molecule has 0 atom stereocenters. The third-order valence-electron chi connectivity index (χ3n) is 2.11. The molecule has 0 aliphatic rings. The molecule has 2 rings (SSSR count). The molecule has 0 amide bonds. The molecule has 2 N–H and O–H groups in total. The molecule has 0 spiro atoms. The maximum atomic E-state index is 5.79. The molecule has 0 aliphatic heterocycles. The van der Waals surface area contributed by atoms with Crippen molar-refractivity contribution in [2.24, 2.45) is 7.05 Å². The van der Waals surface area contributed by atoms with Crippen molar-refractivity contribution in [3.8, 4) is 17.1 Å². The number of anilines is 1. The molecule has 1 aromatic carbocycles. The Balaban J connectivity index is 2.63. The van der Waals surface area contributed by atoms with Crippen LogP contribution in [0.5, 0.6) is 5.75 Å². The van der Waals surface area contributed by atoms with Crippen LogP contribution in [0, 0.1) is 0 Å². The van der Waals surface area contributed by atoms with Gasteiger partial charge in [0.1, 0.15) is 0 Å². The minimum absolute atomic E-state index is 0.568. The van der Waals surface area contributed by atoms with Crippen LogP contribution in [0.2, 0.25) is 0 Å². The first-order valence-electron chi connectivity index (χ1n) is 4.39. The van der Waals surface area contributed by atoms with E-state index in [2.05, 4.69) is 15.5 Å². The number of nitrogens with zero attached hydrogens (tertiary/aromatic N) is 4. The standard InChI is InChI=1S/C9H11N5O/c1-14-9(11-12-13-14)6-4-3-5-7(10)8(6)15-2/h3-5H,10H2,1-2H3. The summed E-state index contributed by atoms with van der Waals surface area (Å²) in [7, 11) is 3.33. The van der Waals surface area contributed by atoms with Crippen molar-refractivity contribution in [1.29, 1.82) is 0 Å². The average molecular weight is 205 g/mol. The quantitative estimate of drug-likeness (QED) is 0.721. The fraction of sp³-hybridized carbons (Fsp3) is 0.222. The Bertz CT molecular complexity index is 479. The second kappa shape index (κ2) is 3.56. The molecule has 0 saturated heterocycles. The van der Waals surface area contributed by atoms with Crippen LogP contribution in [-0.2, 0) is 7.05 Å². The Labute approximate surface area is 86.7 Å². The fourth-order valence-electron chi connectivity index (χ4n) is 1.42. The van der Waals surface area contributed by atoms with Gasteiger partial charge in [-0.3, -0.25) is 0 Å². The summed E-state index contributed by atoms with van der Waals surface area (Å²) in [6.45, 7) is 0. The van der Waals surface area contributed by atoms with Gasteiger partial charge in [0.15, 0.2) is 11.6 Å². The first kappa shape index (κ1) is 9.45. The minimum Gasteiger partial charge on any atom is -0.494 e. The minimum atomic E-state index is 0.568. The Kier molecular flexibility index (Phi) is 2.24. The third kappa shape index (κ3) is 1.50. The largest absolute Gasteiger partial charge is 0.494 e. The monoisotopic (exact) mass is 205 g/mol. The van der Waals surface area contributed by atoms with Gasteiger partial charge >= 0.3 is 0 Å². The highest BCUT2D eigenvalue weighted by molar-refractivity contribution is 5.72. The predicted octanol–water partition coefficient (Wildman–Crippen LogP) is 0.468. The number of hydrogen-bond acceptors (Lipinski definition) is 5. The van der Waals surface area contributed by atoms with Gasteiger partial charge < -0.3 is 10.5 Å². The number of rotatable bonds is 2. The molecule has 1 aromatic heterocycles. The summed E-state index contributed by atoms with van der Waals surface area (Å²) in [5.74, 6) is 1.22. The number of benzene rings is 1. The molecule has 6 nitrogen and oxygen atoms in total. The Hall–Kier alpha value is -2.11. The van der Waals surface area contributed by atoms with Crippen molar-refractivity contribution in [1.82, 2.24) is 20.2 Å². The normalized spacial score (nSPS) is 10.3. The smallest absolute Gasteiger partial charge is 0.185 e. The molecular weight excluding hydrogens is 194 g/mol. The predicted molar refractivity (Wildman–Crippen MR) is 55.2 cm³/mol. The summed E-state index contributed by atoms with van der Waals surface area (Å²) in [4.78, 5) is 0. The van der Waals surface area contributed by atoms with Crippen LogP contribution in [0.25, 0.3) is 11.4 Å². The second-order valence-electron chi connectivity index (χ2n) is 3.05. The van der Waals surface area contributed by atoms with Gasteiger partial charge in [-0.1, -0.05) is 6.07 Å². The van der Waals surface area contributed by atoms with Crippen molar-refractivity contribution in [2.45, 2.75) is 0 Å². The van der Waals surface area contributed by atoms with E-state index in [1.54, 1.807) is 24.9 Å². The van der Waals surface area contributed by atoms with E-state index in [0.29, 0.717) is 17.3 Å². The van der Waals surface area contributed by atoms with E-state index < -0.39 is 0 Å². The number of ether oxygens (including phenoxy) is 1. The molecule has 0 fully saturated rings. The summed E-state index contributed by atoms with van der Waals surface area (Å²) >= 11 is 0. The maximum absolute atomic E-state index is 5.79. The van der Waals surface area contributed by atoms with Crippen LogP contribution < -0.4 is 10.5 Å². The number of methoxy groups -OCH3 is 1. The highest BCUT2D eigenvalue weighted by atomic mass is 16.5. The van der Waals surface area contributed by atoms with E-state index in [1.807, 2.05) is 12.1 Å². The van der Waals surface area contributed by atoms with Crippen LogP contribution in [0.3, 0.4) is 0 Å². The van der Waals surface area contributed by atoms with E-state index in [1.165, 1.54) is 0 Å². The molecule has 0 aliphatic carbocycles. The number of aryl methyl sites for hydroxylation is 1. The van der Waals surface area contributed by atoms with Crippen molar-refractivity contribution >= 4 is 5.69 Å². The highest BCUT2D eigenvalue weighted by Gasteiger charge is 2.13. The lowest BCUT2D eigenvalue weighted by Gasteiger charge is -2.08. The average Bonchev–Trinajstić information content (AvgIpc) is 2.64. The number of hydrogen-bond donors (Lipinski definition) is 1. The zero-order valence-corrected chi connectivity index (χ0v) is 8.51. The van der Waals surface area contributed by atoms with E-state index in [0.717, 1.165) is 5.56 Å². The number of nitrogens with two attached hydrogens (primary N) is 1. The third-order valence-corrected chi connectivity index (χ3v) is 2.11. The highest BCUT2D eigenvalue weighted by Crippen LogP contribution is 2.32. The van der Waals surface area contributed by atoms with Crippen molar-refractivity contribution < 1.29 is 4.74 Å². The van der Waals surface area contributed by atoms with Gasteiger partial charge in [0.2, 0.25) is 0 Å². The molecule has 6 heteroatoms. The summed E-state index contributed by atoms with van der Waals surface area (Å²) in [6.07, 6.45) is 0. The van der Waals surface area contributed by atoms with Gasteiger partial charge in [-0.25, -0.2) is 4.68 Å². The van der Waals surface area contributed by atoms with Crippen LogP contribution in [0.15, 0.2) is 18.2 Å². The zero-order valence-electron chi connectivity index (χ0n) is 8.51. The van der Waals surface area contributed by atoms with Gasteiger partial charge in [-0.05, 0) is 22.6 Å². The SMILES string of the molecule is COc1c(N)cccc1-c1nnnn1C. The Morgan fingerprint density at radius 3 is 2.80 bits per heavy atom. The molecule has 0 saturated carbocycles. The number of aromatic nitrogens is 4.